The fourth-order valence-corrected chi connectivity index (χ4v) is 3.77. The van der Waals surface area contributed by atoms with E-state index >= 15 is 0 Å². The summed E-state index contributed by atoms with van der Waals surface area (Å²) in [5.41, 5.74) is 15.5. The minimum absolute atomic E-state index is 0.336. The summed E-state index contributed by atoms with van der Waals surface area (Å²) in [6.07, 6.45) is 3.44. The number of hydrogen-bond donors (Lipinski definition) is 2. The van der Waals surface area contributed by atoms with Crippen LogP contribution >= 0.6 is 0 Å². The highest BCUT2D eigenvalue weighted by Gasteiger charge is 2.35. The molecular formula is C20H36N2. The third-order valence-corrected chi connectivity index (χ3v) is 4.80. The molecule has 0 aliphatic carbocycles. The molecule has 1 aromatic rings. The maximum absolute atomic E-state index is 6.06. The molecule has 22 heavy (non-hydrogen) atoms. The van der Waals surface area contributed by atoms with Gasteiger partial charge in [-0.3, -0.25) is 0 Å². The van der Waals surface area contributed by atoms with Gasteiger partial charge < -0.3 is 11.5 Å². The number of rotatable bonds is 5. The number of anilines is 2. The number of nitrogens with two attached hydrogens (primary N) is 2. The minimum Gasteiger partial charge on any atom is -0.399 e. The Morgan fingerprint density at radius 3 is 2.00 bits per heavy atom. The predicted octanol–water partition coefficient (Wildman–Crippen LogP) is 5.52. The van der Waals surface area contributed by atoms with Crippen LogP contribution in [0.2, 0.25) is 0 Å². The second-order valence-corrected chi connectivity index (χ2v) is 9.12. The summed E-state index contributed by atoms with van der Waals surface area (Å²) in [6, 6.07) is 5.81. The smallest absolute Gasteiger partial charge is 0.0348 e. The van der Waals surface area contributed by atoms with Gasteiger partial charge in [0.2, 0.25) is 0 Å². The molecule has 1 atom stereocenters. The van der Waals surface area contributed by atoms with E-state index in [1.807, 2.05) is 18.2 Å². The first-order chi connectivity index (χ1) is 9.91. The molecule has 1 rings (SSSR count). The number of benzene rings is 1. The van der Waals surface area contributed by atoms with Gasteiger partial charge in [-0.25, -0.2) is 0 Å². The average molecular weight is 305 g/mol. The molecule has 0 saturated heterocycles. The maximum Gasteiger partial charge on any atom is 0.0348 e. The average Bonchev–Trinajstić information content (AvgIpc) is 2.34. The van der Waals surface area contributed by atoms with Crippen molar-refractivity contribution in [3.63, 3.8) is 0 Å². The largest absolute Gasteiger partial charge is 0.399 e. The Morgan fingerprint density at radius 2 is 1.50 bits per heavy atom. The van der Waals surface area contributed by atoms with E-state index in [9.17, 15) is 0 Å². The fraction of sp³-hybridized carbons (Fsp3) is 0.700. The highest BCUT2D eigenvalue weighted by molar-refractivity contribution is 5.55. The Balaban J connectivity index is 2.69. The first-order valence-corrected chi connectivity index (χ1v) is 8.55. The molecule has 2 nitrogen and oxygen atoms in total. The zero-order chi connectivity index (χ0) is 17.1. The first-order valence-electron chi connectivity index (χ1n) is 8.55. The molecule has 0 saturated carbocycles. The standard InChI is InChI=1S/C20H36N2/c1-14(12-18(19(2,3)4)20(5,6)7)8-9-15-13-16(21)10-11-17(15)22/h10-11,13-14,18H,8-9,12,21-22H2,1-7H3. The molecule has 0 heterocycles. The molecule has 0 aliphatic rings. The van der Waals surface area contributed by atoms with Gasteiger partial charge in [0.05, 0.1) is 0 Å². The van der Waals surface area contributed by atoms with Crippen LogP contribution in [-0.2, 0) is 6.42 Å². The summed E-state index contributed by atoms with van der Waals surface area (Å²) < 4.78 is 0. The SMILES string of the molecule is CC(CCc1cc(N)ccc1N)CC(C(C)(C)C)C(C)(C)C. The van der Waals surface area contributed by atoms with E-state index in [2.05, 4.69) is 48.5 Å². The monoisotopic (exact) mass is 304 g/mol. The molecule has 0 aliphatic heterocycles. The Morgan fingerprint density at radius 1 is 0.955 bits per heavy atom. The van der Waals surface area contributed by atoms with E-state index < -0.39 is 0 Å². The Labute approximate surface area is 137 Å². The second-order valence-electron chi connectivity index (χ2n) is 9.12. The maximum atomic E-state index is 6.06. The molecule has 0 fully saturated rings. The molecular weight excluding hydrogens is 268 g/mol. The predicted molar refractivity (Wildman–Crippen MR) is 99.8 cm³/mol. The number of hydrogen-bond acceptors (Lipinski definition) is 2. The molecule has 0 aromatic heterocycles. The van der Waals surface area contributed by atoms with Crippen molar-refractivity contribution in [1.29, 1.82) is 0 Å². The Hall–Kier alpha value is -1.18. The molecule has 2 heteroatoms. The minimum atomic E-state index is 0.336. The zero-order valence-corrected chi connectivity index (χ0v) is 15.7. The third kappa shape index (κ3) is 5.55. The number of aryl methyl sites for hydroxylation is 1. The van der Waals surface area contributed by atoms with Gasteiger partial charge in [0.25, 0.3) is 0 Å². The molecule has 0 bridgehead atoms. The summed E-state index contributed by atoms with van der Waals surface area (Å²) in [6.45, 7) is 16.6. The van der Waals surface area contributed by atoms with Crippen molar-refractivity contribution in [3.05, 3.63) is 23.8 Å². The molecule has 4 N–H and O–H groups in total. The van der Waals surface area contributed by atoms with Crippen LogP contribution in [0.1, 0.15) is 66.9 Å². The van der Waals surface area contributed by atoms with Crippen molar-refractivity contribution in [2.24, 2.45) is 22.7 Å². The van der Waals surface area contributed by atoms with E-state index in [0.717, 1.165) is 24.2 Å². The molecule has 126 valence electrons. The summed E-state index contributed by atoms with van der Waals surface area (Å²) >= 11 is 0. The first kappa shape index (κ1) is 18.9. The lowest BCUT2D eigenvalue weighted by Gasteiger charge is -2.42. The second kappa shape index (κ2) is 6.93. The Bertz CT molecular complexity index is 463. The van der Waals surface area contributed by atoms with Gasteiger partial charge in [-0.15, -0.1) is 0 Å². The van der Waals surface area contributed by atoms with Crippen LogP contribution in [0.4, 0.5) is 11.4 Å². The van der Waals surface area contributed by atoms with Crippen molar-refractivity contribution < 1.29 is 0 Å². The van der Waals surface area contributed by atoms with Crippen molar-refractivity contribution in [2.45, 2.75) is 67.7 Å². The lowest BCUT2D eigenvalue weighted by Crippen LogP contribution is -2.34. The topological polar surface area (TPSA) is 52.0 Å². The van der Waals surface area contributed by atoms with Gasteiger partial charge in [0.15, 0.2) is 0 Å². The van der Waals surface area contributed by atoms with Gasteiger partial charge in [-0.1, -0.05) is 48.5 Å². The van der Waals surface area contributed by atoms with Crippen molar-refractivity contribution in [3.8, 4) is 0 Å². The van der Waals surface area contributed by atoms with Crippen LogP contribution < -0.4 is 11.5 Å². The van der Waals surface area contributed by atoms with E-state index in [-0.39, 0.29) is 0 Å². The fourth-order valence-electron chi connectivity index (χ4n) is 3.77. The molecule has 0 spiro atoms. The highest BCUT2D eigenvalue weighted by Crippen LogP contribution is 2.44. The summed E-state index contributed by atoms with van der Waals surface area (Å²) in [7, 11) is 0. The lowest BCUT2D eigenvalue weighted by molar-refractivity contribution is 0.0761. The van der Waals surface area contributed by atoms with Gasteiger partial charge in [0, 0.05) is 11.4 Å². The third-order valence-electron chi connectivity index (χ3n) is 4.80. The van der Waals surface area contributed by atoms with Gasteiger partial charge >= 0.3 is 0 Å². The van der Waals surface area contributed by atoms with Crippen LogP contribution in [0, 0.1) is 22.7 Å². The molecule has 0 radical (unpaired) electrons. The van der Waals surface area contributed by atoms with Crippen molar-refractivity contribution >= 4 is 11.4 Å². The number of nitrogen functional groups attached to an aromatic ring is 2. The van der Waals surface area contributed by atoms with Crippen LogP contribution in [0.15, 0.2) is 18.2 Å². The van der Waals surface area contributed by atoms with Crippen LogP contribution in [-0.4, -0.2) is 0 Å². The summed E-state index contributed by atoms with van der Waals surface area (Å²) in [5.74, 6) is 1.39. The summed E-state index contributed by atoms with van der Waals surface area (Å²) in [4.78, 5) is 0. The van der Waals surface area contributed by atoms with E-state index in [1.54, 1.807) is 0 Å². The van der Waals surface area contributed by atoms with Crippen molar-refractivity contribution in [1.82, 2.24) is 0 Å². The lowest BCUT2D eigenvalue weighted by atomic mass is 9.63. The van der Waals surface area contributed by atoms with Gasteiger partial charge in [0.1, 0.15) is 0 Å². The molecule has 0 amide bonds. The van der Waals surface area contributed by atoms with Crippen LogP contribution in [0.3, 0.4) is 0 Å². The highest BCUT2D eigenvalue weighted by atomic mass is 14.6. The Kier molecular flexibility index (Phi) is 5.95. The zero-order valence-electron chi connectivity index (χ0n) is 15.7. The van der Waals surface area contributed by atoms with Crippen LogP contribution in [0.25, 0.3) is 0 Å². The van der Waals surface area contributed by atoms with E-state index in [4.69, 9.17) is 11.5 Å². The quantitative estimate of drug-likeness (QED) is 0.704. The van der Waals surface area contributed by atoms with E-state index in [1.165, 1.54) is 12.0 Å². The molecule has 1 unspecified atom stereocenters. The summed E-state index contributed by atoms with van der Waals surface area (Å²) in [5, 5.41) is 0. The van der Waals surface area contributed by atoms with Gasteiger partial charge in [-0.2, -0.15) is 0 Å². The molecule has 1 aromatic carbocycles. The van der Waals surface area contributed by atoms with Gasteiger partial charge in [-0.05, 0) is 65.7 Å². The normalized spacial score (nSPS) is 14.4. The van der Waals surface area contributed by atoms with E-state index in [0.29, 0.717) is 22.7 Å². The van der Waals surface area contributed by atoms with Crippen LogP contribution in [0.5, 0.6) is 0 Å². The van der Waals surface area contributed by atoms with Crippen molar-refractivity contribution in [2.75, 3.05) is 11.5 Å².